The van der Waals surface area contributed by atoms with Gasteiger partial charge < -0.3 is 9.47 Å². The molecule has 19 heavy (non-hydrogen) atoms. The normalized spacial score (nSPS) is 30.6. The van der Waals surface area contributed by atoms with Gasteiger partial charge in [0.15, 0.2) is 5.60 Å². The number of nitrogens with zero attached hydrogens (tertiary/aromatic N) is 1. The van der Waals surface area contributed by atoms with E-state index in [-0.39, 0.29) is 16.7 Å². The van der Waals surface area contributed by atoms with Crippen LogP contribution in [0.4, 0.5) is 0 Å². The van der Waals surface area contributed by atoms with Crippen LogP contribution in [-0.4, -0.2) is 29.2 Å². The molecule has 0 aliphatic carbocycles. The van der Waals surface area contributed by atoms with Crippen molar-refractivity contribution in [3.63, 3.8) is 0 Å². The molecule has 102 valence electrons. The lowest BCUT2D eigenvalue weighted by molar-refractivity contribution is 0.243. The lowest BCUT2D eigenvalue weighted by Crippen LogP contribution is -2.34. The topological polar surface area (TPSA) is 34.1 Å². The first kappa shape index (κ1) is 12.7. The molecule has 0 radical (unpaired) electrons. The van der Waals surface area contributed by atoms with Crippen LogP contribution in [0.2, 0.25) is 0 Å². The Morgan fingerprint density at radius 1 is 1.11 bits per heavy atom. The zero-order chi connectivity index (χ0) is 13.7. The smallest absolute Gasteiger partial charge is 0.220 e. The van der Waals surface area contributed by atoms with Crippen LogP contribution in [0.5, 0.6) is 0 Å². The Kier molecular flexibility index (Phi) is 2.55. The highest BCUT2D eigenvalue weighted by Gasteiger charge is 2.69. The van der Waals surface area contributed by atoms with Crippen LogP contribution in [0.25, 0.3) is 0 Å². The monoisotopic (exact) mass is 259 g/mol. The summed E-state index contributed by atoms with van der Waals surface area (Å²) in [4.78, 5) is 4.72. The van der Waals surface area contributed by atoms with E-state index in [1.165, 1.54) is 5.56 Å². The van der Waals surface area contributed by atoms with Gasteiger partial charge in [-0.05, 0) is 33.3 Å². The Hall–Kier alpha value is -1.35. The van der Waals surface area contributed by atoms with E-state index < -0.39 is 0 Å². The van der Waals surface area contributed by atoms with E-state index in [4.69, 9.17) is 14.5 Å². The summed E-state index contributed by atoms with van der Waals surface area (Å²) in [5.74, 6) is 0.770. The van der Waals surface area contributed by atoms with Crippen molar-refractivity contribution in [3.05, 3.63) is 35.9 Å². The van der Waals surface area contributed by atoms with E-state index in [0.717, 1.165) is 12.3 Å². The van der Waals surface area contributed by atoms with Crippen molar-refractivity contribution in [3.8, 4) is 0 Å². The molecule has 0 bridgehead atoms. The Balaban J connectivity index is 1.91. The summed E-state index contributed by atoms with van der Waals surface area (Å²) >= 11 is 0. The van der Waals surface area contributed by atoms with Gasteiger partial charge in [-0.3, -0.25) is 0 Å². The van der Waals surface area contributed by atoms with E-state index >= 15 is 0 Å². The summed E-state index contributed by atoms with van der Waals surface area (Å²) in [5, 5.41) is 0. The number of epoxide rings is 1. The van der Waals surface area contributed by atoms with Crippen LogP contribution in [0, 0.1) is 0 Å². The highest BCUT2D eigenvalue weighted by Crippen LogP contribution is 2.52. The van der Waals surface area contributed by atoms with Gasteiger partial charge in [-0.25, -0.2) is 4.99 Å². The minimum absolute atomic E-state index is 0.138. The summed E-state index contributed by atoms with van der Waals surface area (Å²) in [6.07, 6.45) is 0.815. The van der Waals surface area contributed by atoms with Crippen molar-refractivity contribution in [1.82, 2.24) is 0 Å². The van der Waals surface area contributed by atoms with E-state index in [1.807, 2.05) is 6.07 Å². The fourth-order valence-corrected chi connectivity index (χ4v) is 2.71. The molecule has 2 aliphatic rings. The lowest BCUT2D eigenvalue weighted by Gasteiger charge is -2.14. The third kappa shape index (κ3) is 2.06. The number of hydrogen-bond donors (Lipinski definition) is 0. The second-order valence-electron chi connectivity index (χ2n) is 6.62. The van der Waals surface area contributed by atoms with Crippen molar-refractivity contribution in [1.29, 1.82) is 0 Å². The highest BCUT2D eigenvalue weighted by atomic mass is 16.7. The average Bonchev–Trinajstić information content (AvgIpc) is 2.69. The van der Waals surface area contributed by atoms with Crippen LogP contribution >= 0.6 is 0 Å². The molecule has 2 aliphatic heterocycles. The quantitative estimate of drug-likeness (QED) is 0.782. The molecule has 0 N–H and O–H groups in total. The number of benzene rings is 1. The summed E-state index contributed by atoms with van der Waals surface area (Å²) in [6.45, 7) is 9.02. The van der Waals surface area contributed by atoms with Crippen molar-refractivity contribution >= 4 is 5.90 Å². The lowest BCUT2D eigenvalue weighted by atomic mass is 9.89. The van der Waals surface area contributed by atoms with Crippen molar-refractivity contribution < 1.29 is 9.47 Å². The molecule has 0 amide bonds. The number of hydrogen-bond acceptors (Lipinski definition) is 3. The molecule has 1 atom stereocenters. The summed E-state index contributed by atoms with van der Waals surface area (Å²) in [6, 6.07) is 10.4. The maximum atomic E-state index is 6.02. The zero-order valence-electron chi connectivity index (χ0n) is 12.1. The molecule has 1 aromatic rings. The fourth-order valence-electron chi connectivity index (χ4n) is 2.71. The van der Waals surface area contributed by atoms with Gasteiger partial charge in [-0.1, -0.05) is 30.3 Å². The van der Waals surface area contributed by atoms with E-state index in [0.29, 0.717) is 6.61 Å². The van der Waals surface area contributed by atoms with Crippen molar-refractivity contribution in [2.24, 2.45) is 4.99 Å². The van der Waals surface area contributed by atoms with Gasteiger partial charge in [0.05, 0.1) is 5.54 Å². The first-order valence-corrected chi connectivity index (χ1v) is 6.82. The molecule has 3 rings (SSSR count). The SMILES string of the molecule is CC1(C)COC([C@]2(Cc3ccccc3)OC2(C)C)=N1. The minimum atomic E-state index is -0.387. The van der Waals surface area contributed by atoms with E-state index in [1.54, 1.807) is 0 Å². The molecule has 0 aromatic heterocycles. The first-order valence-electron chi connectivity index (χ1n) is 6.82. The zero-order valence-corrected chi connectivity index (χ0v) is 12.1. The maximum absolute atomic E-state index is 6.02. The standard InChI is InChI=1S/C16H21NO2/c1-14(2)11-18-13(17-14)16(15(3,4)19-16)10-12-8-6-5-7-9-12/h5-9H,10-11H2,1-4H3/t16-/m0/s1. The van der Waals surface area contributed by atoms with E-state index in [2.05, 4.69) is 52.0 Å². The molecule has 1 fully saturated rings. The first-order chi connectivity index (χ1) is 8.85. The van der Waals surface area contributed by atoms with E-state index in [9.17, 15) is 0 Å². The largest absolute Gasteiger partial charge is 0.476 e. The number of rotatable bonds is 3. The number of aliphatic imine (C=N–C) groups is 1. The Bertz CT molecular complexity index is 519. The van der Waals surface area contributed by atoms with Gasteiger partial charge in [0, 0.05) is 6.42 Å². The van der Waals surface area contributed by atoms with Crippen LogP contribution in [0.3, 0.4) is 0 Å². The predicted octanol–water partition coefficient (Wildman–Crippen LogP) is 2.98. The minimum Gasteiger partial charge on any atom is -0.476 e. The van der Waals surface area contributed by atoms with Gasteiger partial charge in [0.25, 0.3) is 0 Å². The highest BCUT2D eigenvalue weighted by molar-refractivity contribution is 5.91. The third-order valence-electron chi connectivity index (χ3n) is 3.97. The number of ether oxygens (including phenoxy) is 2. The van der Waals surface area contributed by atoms with Crippen molar-refractivity contribution in [2.75, 3.05) is 6.61 Å². The summed E-state index contributed by atoms with van der Waals surface area (Å²) in [7, 11) is 0. The second-order valence-corrected chi connectivity index (χ2v) is 6.62. The predicted molar refractivity (Wildman–Crippen MR) is 75.5 cm³/mol. The third-order valence-corrected chi connectivity index (χ3v) is 3.97. The van der Waals surface area contributed by atoms with Gasteiger partial charge >= 0.3 is 0 Å². The second kappa shape index (κ2) is 3.83. The van der Waals surface area contributed by atoms with Crippen LogP contribution in [0.1, 0.15) is 33.3 Å². The molecule has 0 spiro atoms. The van der Waals surface area contributed by atoms with Crippen molar-refractivity contribution in [2.45, 2.75) is 50.9 Å². The summed E-state index contributed by atoms with van der Waals surface area (Å²) < 4.78 is 11.8. The molecule has 1 saturated heterocycles. The molecule has 3 heteroatoms. The molecule has 3 nitrogen and oxygen atoms in total. The summed E-state index contributed by atoms with van der Waals surface area (Å²) in [5.41, 5.74) is 0.523. The maximum Gasteiger partial charge on any atom is 0.220 e. The van der Waals surface area contributed by atoms with Gasteiger partial charge in [-0.2, -0.15) is 0 Å². The molecular weight excluding hydrogens is 238 g/mol. The molecule has 2 heterocycles. The molecule has 0 saturated carbocycles. The fraction of sp³-hybridized carbons (Fsp3) is 0.562. The van der Waals surface area contributed by atoms with Gasteiger partial charge in [0.2, 0.25) is 5.90 Å². The molecule has 1 aromatic carbocycles. The average molecular weight is 259 g/mol. The van der Waals surface area contributed by atoms with Crippen LogP contribution in [0.15, 0.2) is 35.3 Å². The van der Waals surface area contributed by atoms with Gasteiger partial charge in [0.1, 0.15) is 12.2 Å². The van der Waals surface area contributed by atoms with Crippen LogP contribution in [-0.2, 0) is 15.9 Å². The van der Waals surface area contributed by atoms with Gasteiger partial charge in [-0.15, -0.1) is 0 Å². The Morgan fingerprint density at radius 2 is 1.74 bits per heavy atom. The Morgan fingerprint density at radius 3 is 2.21 bits per heavy atom. The molecular formula is C16H21NO2. The Labute approximate surface area is 114 Å². The molecule has 0 unspecified atom stereocenters. The van der Waals surface area contributed by atoms with Crippen LogP contribution < -0.4 is 0 Å².